The molecule has 0 atom stereocenters. The van der Waals surface area contributed by atoms with E-state index in [0.29, 0.717) is 16.8 Å². The highest BCUT2D eigenvalue weighted by atomic mass is 32.1. The second kappa shape index (κ2) is 6.23. The van der Waals surface area contributed by atoms with Crippen molar-refractivity contribution in [2.75, 3.05) is 7.11 Å². The average Bonchev–Trinajstić information content (AvgIpc) is 2.99. The van der Waals surface area contributed by atoms with E-state index in [0.717, 1.165) is 22.4 Å². The number of hydrogen-bond donors (Lipinski definition) is 0. The third-order valence-corrected chi connectivity index (χ3v) is 4.56. The van der Waals surface area contributed by atoms with Gasteiger partial charge < -0.3 is 4.74 Å². The standard InChI is InChI=1S/C17H15N3O2S/c1-11-4-5-14(22-2)12(8-11)13-9-23-16-15(13)17(21)20(10-19-16)7-3-6-18/h4-5,8-10H,3,7H2,1-2H3. The van der Waals surface area contributed by atoms with Gasteiger partial charge in [-0.05, 0) is 19.1 Å². The summed E-state index contributed by atoms with van der Waals surface area (Å²) in [4.78, 5) is 17.8. The Bertz CT molecular complexity index is 966. The number of benzene rings is 1. The lowest BCUT2D eigenvalue weighted by Gasteiger charge is -2.09. The highest BCUT2D eigenvalue weighted by Gasteiger charge is 2.16. The van der Waals surface area contributed by atoms with Gasteiger partial charge in [-0.15, -0.1) is 11.3 Å². The lowest BCUT2D eigenvalue weighted by atomic mass is 10.0. The van der Waals surface area contributed by atoms with Gasteiger partial charge in [-0.1, -0.05) is 11.6 Å². The number of methoxy groups -OCH3 is 1. The molecule has 2 aromatic heterocycles. The van der Waals surface area contributed by atoms with Gasteiger partial charge in [0.25, 0.3) is 5.56 Å². The Hall–Kier alpha value is -2.65. The van der Waals surface area contributed by atoms with Crippen LogP contribution in [0.3, 0.4) is 0 Å². The van der Waals surface area contributed by atoms with Crippen LogP contribution in [-0.2, 0) is 6.54 Å². The van der Waals surface area contributed by atoms with Gasteiger partial charge in [0.05, 0.1) is 31.3 Å². The fraction of sp³-hybridized carbons (Fsp3) is 0.235. The maximum absolute atomic E-state index is 12.8. The molecule has 0 N–H and O–H groups in total. The lowest BCUT2D eigenvalue weighted by molar-refractivity contribution is 0.416. The number of nitriles is 1. The molecule has 0 aliphatic carbocycles. The van der Waals surface area contributed by atoms with E-state index in [9.17, 15) is 4.79 Å². The smallest absolute Gasteiger partial charge is 0.262 e. The van der Waals surface area contributed by atoms with Crippen molar-refractivity contribution in [3.8, 4) is 22.9 Å². The molecule has 5 nitrogen and oxygen atoms in total. The monoisotopic (exact) mass is 325 g/mol. The number of aryl methyl sites for hydroxylation is 2. The molecule has 0 spiro atoms. The van der Waals surface area contributed by atoms with Crippen molar-refractivity contribution in [1.29, 1.82) is 5.26 Å². The molecule has 0 bridgehead atoms. The lowest BCUT2D eigenvalue weighted by Crippen LogP contribution is -2.20. The molecule has 1 aromatic carbocycles. The van der Waals surface area contributed by atoms with E-state index in [1.807, 2.05) is 30.5 Å². The number of hydrogen-bond acceptors (Lipinski definition) is 5. The van der Waals surface area contributed by atoms with Crippen molar-refractivity contribution in [1.82, 2.24) is 9.55 Å². The molecule has 3 rings (SSSR count). The average molecular weight is 325 g/mol. The minimum Gasteiger partial charge on any atom is -0.496 e. The van der Waals surface area contributed by atoms with Crippen LogP contribution in [0.15, 0.2) is 34.7 Å². The van der Waals surface area contributed by atoms with Crippen LogP contribution < -0.4 is 10.3 Å². The van der Waals surface area contributed by atoms with Crippen molar-refractivity contribution in [2.24, 2.45) is 0 Å². The van der Waals surface area contributed by atoms with E-state index in [-0.39, 0.29) is 12.0 Å². The summed E-state index contributed by atoms with van der Waals surface area (Å²) >= 11 is 1.44. The second-order valence-electron chi connectivity index (χ2n) is 5.18. The minimum atomic E-state index is -0.120. The Balaban J connectivity index is 2.25. The van der Waals surface area contributed by atoms with Gasteiger partial charge in [0, 0.05) is 23.1 Å². The summed E-state index contributed by atoms with van der Waals surface area (Å²) in [6.45, 7) is 2.35. The molecule has 0 saturated carbocycles. The second-order valence-corrected chi connectivity index (χ2v) is 6.04. The molecule has 2 heterocycles. The van der Waals surface area contributed by atoms with Crippen LogP contribution in [0.5, 0.6) is 5.75 Å². The summed E-state index contributed by atoms with van der Waals surface area (Å²) in [6.07, 6.45) is 1.79. The van der Waals surface area contributed by atoms with Crippen LogP contribution >= 0.6 is 11.3 Å². The molecule has 0 unspecified atom stereocenters. The first-order valence-corrected chi connectivity index (χ1v) is 8.02. The first-order valence-electron chi connectivity index (χ1n) is 7.14. The zero-order chi connectivity index (χ0) is 16.4. The Morgan fingerprint density at radius 1 is 1.39 bits per heavy atom. The van der Waals surface area contributed by atoms with Crippen LogP contribution in [0, 0.1) is 18.3 Å². The fourth-order valence-electron chi connectivity index (χ4n) is 2.53. The molecule has 116 valence electrons. The van der Waals surface area contributed by atoms with Crippen molar-refractivity contribution in [3.05, 3.63) is 45.8 Å². The quantitative estimate of drug-likeness (QED) is 0.737. The van der Waals surface area contributed by atoms with E-state index < -0.39 is 0 Å². The van der Waals surface area contributed by atoms with E-state index in [4.69, 9.17) is 10.00 Å². The Morgan fingerprint density at radius 3 is 2.96 bits per heavy atom. The predicted octanol–water partition coefficient (Wildman–Crippen LogP) is 3.36. The zero-order valence-electron chi connectivity index (χ0n) is 12.9. The maximum Gasteiger partial charge on any atom is 0.262 e. The van der Waals surface area contributed by atoms with Crippen molar-refractivity contribution in [2.45, 2.75) is 19.9 Å². The van der Waals surface area contributed by atoms with Crippen LogP contribution in [0.2, 0.25) is 0 Å². The summed E-state index contributed by atoms with van der Waals surface area (Å²) in [5, 5.41) is 11.2. The summed E-state index contributed by atoms with van der Waals surface area (Å²) in [5.74, 6) is 0.724. The molecule has 0 saturated heterocycles. The largest absolute Gasteiger partial charge is 0.496 e. The molecule has 6 heteroatoms. The van der Waals surface area contributed by atoms with E-state index in [1.165, 1.54) is 22.2 Å². The first-order chi connectivity index (χ1) is 11.2. The van der Waals surface area contributed by atoms with Crippen LogP contribution in [0.1, 0.15) is 12.0 Å². The van der Waals surface area contributed by atoms with Gasteiger partial charge in [-0.3, -0.25) is 9.36 Å². The number of ether oxygens (including phenoxy) is 1. The zero-order valence-corrected chi connectivity index (χ0v) is 13.7. The number of fused-ring (bicyclic) bond motifs is 1. The SMILES string of the molecule is COc1ccc(C)cc1-c1csc2ncn(CCC#N)c(=O)c12. The predicted molar refractivity (Wildman–Crippen MR) is 90.8 cm³/mol. The summed E-state index contributed by atoms with van der Waals surface area (Å²) in [6, 6.07) is 7.93. The molecular formula is C17H15N3O2S. The van der Waals surface area contributed by atoms with E-state index in [1.54, 1.807) is 7.11 Å². The van der Waals surface area contributed by atoms with Crippen LogP contribution in [0.4, 0.5) is 0 Å². The first kappa shape index (κ1) is 15.3. The normalized spacial score (nSPS) is 10.7. The highest BCUT2D eigenvalue weighted by Crippen LogP contribution is 2.36. The van der Waals surface area contributed by atoms with Gasteiger partial charge in [-0.25, -0.2) is 4.98 Å². The van der Waals surface area contributed by atoms with Gasteiger partial charge in [-0.2, -0.15) is 5.26 Å². The van der Waals surface area contributed by atoms with Crippen LogP contribution in [-0.4, -0.2) is 16.7 Å². The number of rotatable bonds is 4. The van der Waals surface area contributed by atoms with Crippen LogP contribution in [0.25, 0.3) is 21.3 Å². The summed E-state index contributed by atoms with van der Waals surface area (Å²) in [7, 11) is 1.62. The molecular weight excluding hydrogens is 310 g/mol. The number of aromatic nitrogens is 2. The van der Waals surface area contributed by atoms with Crippen molar-refractivity contribution >= 4 is 21.6 Å². The van der Waals surface area contributed by atoms with Gasteiger partial charge >= 0.3 is 0 Å². The summed E-state index contributed by atoms with van der Waals surface area (Å²) < 4.78 is 6.93. The molecule has 0 amide bonds. The number of thiophene rings is 1. The Morgan fingerprint density at radius 2 is 2.22 bits per heavy atom. The van der Waals surface area contributed by atoms with Gasteiger partial charge in [0.1, 0.15) is 10.6 Å². The van der Waals surface area contributed by atoms with Crippen molar-refractivity contribution < 1.29 is 4.74 Å². The van der Waals surface area contributed by atoms with E-state index >= 15 is 0 Å². The minimum absolute atomic E-state index is 0.120. The third kappa shape index (κ3) is 2.71. The third-order valence-electron chi connectivity index (χ3n) is 3.67. The molecule has 0 aliphatic heterocycles. The van der Waals surface area contributed by atoms with Crippen molar-refractivity contribution in [3.63, 3.8) is 0 Å². The molecule has 23 heavy (non-hydrogen) atoms. The highest BCUT2D eigenvalue weighted by molar-refractivity contribution is 7.17. The molecule has 0 fully saturated rings. The Kier molecular flexibility index (Phi) is 4.13. The molecule has 0 radical (unpaired) electrons. The Labute approximate surface area is 137 Å². The molecule has 0 aliphatic rings. The summed E-state index contributed by atoms with van der Waals surface area (Å²) in [5.41, 5.74) is 2.68. The fourth-order valence-corrected chi connectivity index (χ4v) is 3.43. The molecule has 3 aromatic rings. The van der Waals surface area contributed by atoms with Gasteiger partial charge in [0.15, 0.2) is 0 Å². The maximum atomic E-state index is 12.8. The van der Waals surface area contributed by atoms with Gasteiger partial charge in [0.2, 0.25) is 0 Å². The topological polar surface area (TPSA) is 67.9 Å². The number of nitrogens with zero attached hydrogens (tertiary/aromatic N) is 3. The van der Waals surface area contributed by atoms with E-state index in [2.05, 4.69) is 11.1 Å².